The van der Waals surface area contributed by atoms with Crippen LogP contribution in [0.25, 0.3) is 0 Å². The molecule has 0 unspecified atom stereocenters. The third kappa shape index (κ3) is 3.53. The van der Waals surface area contributed by atoms with Gasteiger partial charge in [-0.05, 0) is 18.2 Å². The SMILES string of the molecule is CC.O=S(=O)(O)c1cc(Cl)ccc1O. The minimum Gasteiger partial charge on any atom is -0.506 e. The molecule has 0 saturated heterocycles. The van der Waals surface area contributed by atoms with Crippen molar-refractivity contribution in [3.8, 4) is 5.75 Å². The van der Waals surface area contributed by atoms with Crippen LogP contribution in [0.5, 0.6) is 5.75 Å². The highest BCUT2D eigenvalue weighted by Gasteiger charge is 2.14. The molecule has 0 aliphatic rings. The number of halogens is 1. The smallest absolute Gasteiger partial charge is 0.298 e. The molecule has 80 valence electrons. The average molecular weight is 239 g/mol. The van der Waals surface area contributed by atoms with Crippen LogP contribution in [-0.4, -0.2) is 18.1 Å². The Bertz CT molecular complexity index is 400. The fourth-order valence-corrected chi connectivity index (χ4v) is 1.54. The van der Waals surface area contributed by atoms with Gasteiger partial charge in [0.15, 0.2) is 0 Å². The summed E-state index contributed by atoms with van der Waals surface area (Å²) < 4.78 is 29.6. The van der Waals surface area contributed by atoms with Crippen LogP contribution in [0, 0.1) is 0 Å². The van der Waals surface area contributed by atoms with E-state index in [1.165, 1.54) is 6.07 Å². The number of aromatic hydroxyl groups is 1. The zero-order valence-corrected chi connectivity index (χ0v) is 9.30. The molecule has 0 heterocycles. The molecule has 0 aliphatic carbocycles. The lowest BCUT2D eigenvalue weighted by molar-refractivity contribution is 0.443. The van der Waals surface area contributed by atoms with Crippen LogP contribution in [0.1, 0.15) is 13.8 Å². The van der Waals surface area contributed by atoms with Gasteiger partial charge in [-0.2, -0.15) is 8.42 Å². The summed E-state index contributed by atoms with van der Waals surface area (Å²) in [6, 6.07) is 3.36. The maximum Gasteiger partial charge on any atom is 0.298 e. The number of phenols is 1. The van der Waals surface area contributed by atoms with E-state index in [1.54, 1.807) is 0 Å². The van der Waals surface area contributed by atoms with Crippen molar-refractivity contribution in [1.82, 2.24) is 0 Å². The van der Waals surface area contributed by atoms with E-state index < -0.39 is 20.8 Å². The molecule has 1 aromatic carbocycles. The van der Waals surface area contributed by atoms with Crippen molar-refractivity contribution in [3.05, 3.63) is 23.2 Å². The van der Waals surface area contributed by atoms with Gasteiger partial charge in [-0.1, -0.05) is 25.4 Å². The highest BCUT2D eigenvalue weighted by Crippen LogP contribution is 2.25. The van der Waals surface area contributed by atoms with Gasteiger partial charge in [0.05, 0.1) is 0 Å². The van der Waals surface area contributed by atoms with E-state index in [0.29, 0.717) is 0 Å². The van der Waals surface area contributed by atoms with Gasteiger partial charge < -0.3 is 5.11 Å². The Balaban J connectivity index is 0.000000791. The predicted octanol–water partition coefficient (Wildman–Crippen LogP) is 2.32. The van der Waals surface area contributed by atoms with Crippen LogP contribution < -0.4 is 0 Å². The third-order valence-corrected chi connectivity index (χ3v) is 2.32. The zero-order chi connectivity index (χ0) is 11.4. The van der Waals surface area contributed by atoms with Gasteiger partial charge in [0, 0.05) is 5.02 Å². The molecule has 0 bridgehead atoms. The Morgan fingerprint density at radius 1 is 1.29 bits per heavy atom. The molecular formula is C8H11ClO4S. The highest BCUT2D eigenvalue weighted by molar-refractivity contribution is 7.86. The maximum absolute atomic E-state index is 10.5. The predicted molar refractivity (Wildman–Crippen MR) is 54.3 cm³/mol. The fraction of sp³-hybridized carbons (Fsp3) is 0.250. The minimum absolute atomic E-state index is 0.125. The topological polar surface area (TPSA) is 74.6 Å². The molecule has 0 spiro atoms. The first kappa shape index (κ1) is 13.2. The van der Waals surface area contributed by atoms with Crippen molar-refractivity contribution in [2.45, 2.75) is 18.7 Å². The Morgan fingerprint density at radius 2 is 1.79 bits per heavy atom. The van der Waals surface area contributed by atoms with Gasteiger partial charge in [0.1, 0.15) is 10.6 Å². The van der Waals surface area contributed by atoms with Crippen molar-refractivity contribution in [2.75, 3.05) is 0 Å². The molecule has 0 atom stereocenters. The summed E-state index contributed by atoms with van der Waals surface area (Å²) in [4.78, 5) is -0.588. The van der Waals surface area contributed by atoms with Crippen LogP contribution in [0.15, 0.2) is 23.1 Å². The number of phenolic OH excluding ortho intramolecular Hbond substituents is 1. The molecule has 1 rings (SSSR count). The second-order valence-electron chi connectivity index (χ2n) is 2.09. The van der Waals surface area contributed by atoms with Crippen LogP contribution in [0.2, 0.25) is 5.02 Å². The molecule has 0 radical (unpaired) electrons. The van der Waals surface area contributed by atoms with Crippen LogP contribution >= 0.6 is 11.6 Å². The summed E-state index contributed by atoms with van der Waals surface area (Å²) in [7, 11) is -4.39. The van der Waals surface area contributed by atoms with Gasteiger partial charge >= 0.3 is 0 Å². The van der Waals surface area contributed by atoms with Gasteiger partial charge in [-0.25, -0.2) is 0 Å². The standard InChI is InChI=1S/C6H5ClO4S.C2H6/c7-4-1-2-5(8)6(3-4)12(9,10)11;1-2/h1-3,8H,(H,9,10,11);1-2H3. The van der Waals surface area contributed by atoms with Crippen molar-refractivity contribution >= 4 is 21.7 Å². The van der Waals surface area contributed by atoms with Crippen molar-refractivity contribution in [3.63, 3.8) is 0 Å². The monoisotopic (exact) mass is 238 g/mol. The molecule has 0 aromatic heterocycles. The van der Waals surface area contributed by atoms with Gasteiger partial charge in [0.25, 0.3) is 10.1 Å². The normalized spacial score (nSPS) is 10.3. The second kappa shape index (κ2) is 5.19. The van der Waals surface area contributed by atoms with Crippen LogP contribution in [-0.2, 0) is 10.1 Å². The van der Waals surface area contributed by atoms with Crippen LogP contribution in [0.3, 0.4) is 0 Å². The lowest BCUT2D eigenvalue weighted by Crippen LogP contribution is -1.97. The van der Waals surface area contributed by atoms with E-state index in [4.69, 9.17) is 21.3 Å². The van der Waals surface area contributed by atoms with E-state index in [2.05, 4.69) is 0 Å². The summed E-state index contributed by atoms with van der Waals surface area (Å²) >= 11 is 5.44. The maximum atomic E-state index is 10.5. The summed E-state index contributed by atoms with van der Waals surface area (Å²) in [5.41, 5.74) is 0. The average Bonchev–Trinajstić information content (AvgIpc) is 2.11. The van der Waals surface area contributed by atoms with E-state index in [9.17, 15) is 8.42 Å². The molecule has 4 nitrogen and oxygen atoms in total. The van der Waals surface area contributed by atoms with Crippen LogP contribution in [0.4, 0.5) is 0 Å². The fourth-order valence-electron chi connectivity index (χ4n) is 0.695. The number of hydrogen-bond donors (Lipinski definition) is 2. The van der Waals surface area contributed by atoms with Gasteiger partial charge in [0.2, 0.25) is 0 Å². The largest absolute Gasteiger partial charge is 0.506 e. The molecule has 0 aliphatic heterocycles. The van der Waals surface area contributed by atoms with E-state index in [1.807, 2.05) is 13.8 Å². The summed E-state index contributed by atoms with van der Waals surface area (Å²) in [6.45, 7) is 4.00. The number of hydrogen-bond acceptors (Lipinski definition) is 3. The molecule has 6 heteroatoms. The van der Waals surface area contributed by atoms with E-state index in [-0.39, 0.29) is 5.02 Å². The zero-order valence-electron chi connectivity index (χ0n) is 7.73. The molecule has 1 aromatic rings. The third-order valence-electron chi connectivity index (χ3n) is 1.20. The Hall–Kier alpha value is -0.780. The first-order valence-electron chi connectivity index (χ1n) is 3.87. The molecule has 0 amide bonds. The second-order valence-corrected chi connectivity index (χ2v) is 3.91. The minimum atomic E-state index is -4.39. The van der Waals surface area contributed by atoms with Gasteiger partial charge in [-0.3, -0.25) is 4.55 Å². The molecule has 2 N–H and O–H groups in total. The summed E-state index contributed by atoms with van der Waals surface area (Å²) in [5, 5.41) is 9.10. The molecule has 0 saturated carbocycles. The van der Waals surface area contributed by atoms with Crippen molar-refractivity contribution in [1.29, 1.82) is 0 Å². The first-order valence-corrected chi connectivity index (χ1v) is 5.69. The molecular weight excluding hydrogens is 228 g/mol. The van der Waals surface area contributed by atoms with E-state index >= 15 is 0 Å². The van der Waals surface area contributed by atoms with E-state index in [0.717, 1.165) is 12.1 Å². The quantitative estimate of drug-likeness (QED) is 0.737. The van der Waals surface area contributed by atoms with Crippen molar-refractivity contribution < 1.29 is 18.1 Å². The summed E-state index contributed by atoms with van der Waals surface area (Å²) in [6.07, 6.45) is 0. The van der Waals surface area contributed by atoms with Gasteiger partial charge in [-0.15, -0.1) is 0 Å². The Morgan fingerprint density at radius 3 is 2.14 bits per heavy atom. The first-order chi connectivity index (χ1) is 6.41. The molecule has 14 heavy (non-hydrogen) atoms. The van der Waals surface area contributed by atoms with Crippen molar-refractivity contribution in [2.24, 2.45) is 0 Å². The number of benzene rings is 1. The lowest BCUT2D eigenvalue weighted by Gasteiger charge is -1.99. The molecule has 0 fully saturated rings. The lowest BCUT2D eigenvalue weighted by atomic mass is 10.3. The highest BCUT2D eigenvalue weighted by atomic mass is 35.5. The Kier molecular flexibility index (Phi) is 4.90. The number of rotatable bonds is 1. The summed E-state index contributed by atoms with van der Waals surface area (Å²) in [5.74, 6) is -0.526. The Labute approximate surface area is 87.9 Å².